The van der Waals surface area contributed by atoms with Gasteiger partial charge in [-0.25, -0.2) is 0 Å². The number of hydrogen-bond acceptors (Lipinski definition) is 2. The molecule has 0 aliphatic heterocycles. The molecule has 1 aliphatic rings. The van der Waals surface area contributed by atoms with Crippen molar-refractivity contribution in [2.75, 3.05) is 6.54 Å². The van der Waals surface area contributed by atoms with Gasteiger partial charge in [0.1, 0.15) is 0 Å². The van der Waals surface area contributed by atoms with Crippen LogP contribution in [0.25, 0.3) is 0 Å². The molecule has 3 atom stereocenters. The lowest BCUT2D eigenvalue weighted by atomic mass is 9.78. The fourth-order valence-electron chi connectivity index (χ4n) is 2.57. The predicted molar refractivity (Wildman–Crippen MR) is 76.6 cm³/mol. The van der Waals surface area contributed by atoms with Gasteiger partial charge in [0.2, 0.25) is 11.8 Å². The Labute approximate surface area is 116 Å². The molecule has 4 heteroatoms. The van der Waals surface area contributed by atoms with Crippen LogP contribution >= 0.6 is 0 Å². The zero-order valence-electron chi connectivity index (χ0n) is 12.1. The van der Waals surface area contributed by atoms with Gasteiger partial charge in [-0.2, -0.15) is 0 Å². The Bertz CT molecular complexity index is 328. The van der Waals surface area contributed by atoms with Crippen LogP contribution in [0.4, 0.5) is 0 Å². The fourth-order valence-corrected chi connectivity index (χ4v) is 2.57. The molecule has 0 unspecified atom stereocenters. The second-order valence-electron chi connectivity index (χ2n) is 5.53. The predicted octanol–water partition coefficient (Wildman–Crippen LogP) is 2.01. The van der Waals surface area contributed by atoms with Crippen molar-refractivity contribution in [3.05, 3.63) is 12.7 Å². The standard InChI is InChI=1S/C15H26N2O2/c1-4-10-16-14(18)8-9-15(19)17-13-7-5-6-11(2)12(13)3/h4,11-13H,1,5-10H2,2-3H3,(H,16,18)(H,17,19)/t11-,12-,13-/m1/s1. The molecule has 19 heavy (non-hydrogen) atoms. The molecule has 108 valence electrons. The normalized spacial score (nSPS) is 26.5. The van der Waals surface area contributed by atoms with Crippen molar-refractivity contribution >= 4 is 11.8 Å². The van der Waals surface area contributed by atoms with E-state index in [0.717, 1.165) is 6.42 Å². The molecule has 0 spiro atoms. The number of carbonyl (C=O) groups excluding carboxylic acids is 2. The van der Waals surface area contributed by atoms with E-state index in [2.05, 4.69) is 31.1 Å². The highest BCUT2D eigenvalue weighted by molar-refractivity contribution is 5.83. The molecular formula is C15H26N2O2. The van der Waals surface area contributed by atoms with Gasteiger partial charge >= 0.3 is 0 Å². The average molecular weight is 266 g/mol. The first-order valence-corrected chi connectivity index (χ1v) is 7.21. The molecule has 0 aromatic carbocycles. The quantitative estimate of drug-likeness (QED) is 0.723. The van der Waals surface area contributed by atoms with Crippen LogP contribution in [0.5, 0.6) is 0 Å². The van der Waals surface area contributed by atoms with Gasteiger partial charge in [-0.15, -0.1) is 6.58 Å². The molecule has 1 aliphatic carbocycles. The topological polar surface area (TPSA) is 58.2 Å². The summed E-state index contributed by atoms with van der Waals surface area (Å²) in [6.07, 6.45) is 5.62. The Morgan fingerprint density at radius 2 is 1.89 bits per heavy atom. The largest absolute Gasteiger partial charge is 0.353 e. The second-order valence-corrected chi connectivity index (χ2v) is 5.53. The van der Waals surface area contributed by atoms with E-state index in [1.165, 1.54) is 12.8 Å². The highest BCUT2D eigenvalue weighted by Crippen LogP contribution is 2.29. The third-order valence-electron chi connectivity index (χ3n) is 4.08. The molecule has 1 rings (SSSR count). The van der Waals surface area contributed by atoms with Crippen molar-refractivity contribution in [3.63, 3.8) is 0 Å². The summed E-state index contributed by atoms with van der Waals surface area (Å²) in [6, 6.07) is 0.271. The SMILES string of the molecule is C=CCNC(=O)CCC(=O)N[C@@H]1CCC[C@@H](C)[C@H]1C. The third-order valence-corrected chi connectivity index (χ3v) is 4.08. The monoisotopic (exact) mass is 266 g/mol. The Morgan fingerprint density at radius 1 is 1.21 bits per heavy atom. The summed E-state index contributed by atoms with van der Waals surface area (Å²) in [5, 5.41) is 5.74. The molecule has 0 aromatic rings. The Balaban J connectivity index is 2.26. The number of carbonyl (C=O) groups is 2. The number of hydrogen-bond donors (Lipinski definition) is 2. The van der Waals surface area contributed by atoms with E-state index in [1.54, 1.807) is 6.08 Å². The first-order chi connectivity index (χ1) is 9.04. The molecule has 0 bridgehead atoms. The molecular weight excluding hydrogens is 240 g/mol. The van der Waals surface area contributed by atoms with Gasteiger partial charge in [0.25, 0.3) is 0 Å². The summed E-state index contributed by atoms with van der Waals surface area (Å²) in [7, 11) is 0. The van der Waals surface area contributed by atoms with Crippen molar-refractivity contribution in [2.24, 2.45) is 11.8 Å². The Hall–Kier alpha value is -1.32. The van der Waals surface area contributed by atoms with Crippen LogP contribution in [-0.2, 0) is 9.59 Å². The molecule has 0 saturated heterocycles. The summed E-state index contributed by atoms with van der Waals surface area (Å²) in [5.74, 6) is 1.07. The van der Waals surface area contributed by atoms with E-state index in [9.17, 15) is 9.59 Å². The van der Waals surface area contributed by atoms with Gasteiger partial charge in [0, 0.05) is 25.4 Å². The molecule has 0 aromatic heterocycles. The van der Waals surface area contributed by atoms with Crippen molar-refractivity contribution in [1.29, 1.82) is 0 Å². The second kappa shape index (κ2) is 7.97. The summed E-state index contributed by atoms with van der Waals surface area (Å²) in [4.78, 5) is 23.2. The van der Waals surface area contributed by atoms with Crippen LogP contribution in [0.3, 0.4) is 0 Å². The highest BCUT2D eigenvalue weighted by Gasteiger charge is 2.27. The Morgan fingerprint density at radius 3 is 2.58 bits per heavy atom. The van der Waals surface area contributed by atoms with Crippen LogP contribution in [-0.4, -0.2) is 24.4 Å². The smallest absolute Gasteiger partial charge is 0.220 e. The minimum Gasteiger partial charge on any atom is -0.353 e. The van der Waals surface area contributed by atoms with E-state index in [1.807, 2.05) is 0 Å². The molecule has 0 heterocycles. The maximum Gasteiger partial charge on any atom is 0.220 e. The molecule has 2 amide bonds. The lowest BCUT2D eigenvalue weighted by Gasteiger charge is -2.34. The van der Waals surface area contributed by atoms with Gasteiger partial charge < -0.3 is 10.6 Å². The number of amides is 2. The van der Waals surface area contributed by atoms with Crippen LogP contribution in [0.2, 0.25) is 0 Å². The molecule has 0 radical (unpaired) electrons. The maximum absolute atomic E-state index is 11.8. The van der Waals surface area contributed by atoms with E-state index < -0.39 is 0 Å². The van der Waals surface area contributed by atoms with Crippen molar-refractivity contribution < 1.29 is 9.59 Å². The average Bonchev–Trinajstić information content (AvgIpc) is 2.39. The minimum absolute atomic E-state index is 0.0142. The molecule has 2 N–H and O–H groups in total. The molecule has 4 nitrogen and oxygen atoms in total. The van der Waals surface area contributed by atoms with Gasteiger partial charge in [-0.3, -0.25) is 9.59 Å². The summed E-state index contributed by atoms with van der Waals surface area (Å²) in [6.45, 7) is 8.42. The van der Waals surface area contributed by atoms with E-state index in [4.69, 9.17) is 0 Å². The van der Waals surface area contributed by atoms with Crippen LogP contribution in [0, 0.1) is 11.8 Å². The van der Waals surface area contributed by atoms with E-state index >= 15 is 0 Å². The molecule has 1 saturated carbocycles. The lowest BCUT2D eigenvalue weighted by molar-refractivity contribution is -0.127. The van der Waals surface area contributed by atoms with Gasteiger partial charge in [0.15, 0.2) is 0 Å². The van der Waals surface area contributed by atoms with Crippen LogP contribution < -0.4 is 10.6 Å². The van der Waals surface area contributed by atoms with Crippen molar-refractivity contribution in [1.82, 2.24) is 10.6 Å². The number of rotatable bonds is 6. The summed E-state index contributed by atoms with van der Waals surface area (Å²) in [5.41, 5.74) is 0. The van der Waals surface area contributed by atoms with Gasteiger partial charge in [-0.1, -0.05) is 32.8 Å². The summed E-state index contributed by atoms with van der Waals surface area (Å²) >= 11 is 0. The third kappa shape index (κ3) is 5.45. The maximum atomic E-state index is 11.8. The number of nitrogens with one attached hydrogen (secondary N) is 2. The van der Waals surface area contributed by atoms with Gasteiger partial charge in [-0.05, 0) is 18.3 Å². The molecule has 1 fully saturated rings. The lowest BCUT2D eigenvalue weighted by Crippen LogP contribution is -2.43. The van der Waals surface area contributed by atoms with E-state index in [-0.39, 0.29) is 30.7 Å². The zero-order chi connectivity index (χ0) is 14.3. The summed E-state index contributed by atoms with van der Waals surface area (Å²) < 4.78 is 0. The first kappa shape index (κ1) is 15.7. The van der Waals surface area contributed by atoms with Crippen LogP contribution in [0.15, 0.2) is 12.7 Å². The fraction of sp³-hybridized carbons (Fsp3) is 0.733. The van der Waals surface area contributed by atoms with Crippen molar-refractivity contribution in [3.8, 4) is 0 Å². The highest BCUT2D eigenvalue weighted by atomic mass is 16.2. The van der Waals surface area contributed by atoms with Gasteiger partial charge in [0.05, 0.1) is 0 Å². The minimum atomic E-state index is -0.0971. The zero-order valence-corrected chi connectivity index (χ0v) is 12.1. The first-order valence-electron chi connectivity index (χ1n) is 7.21. The van der Waals surface area contributed by atoms with Crippen LogP contribution in [0.1, 0.15) is 46.0 Å². The van der Waals surface area contributed by atoms with E-state index in [0.29, 0.717) is 18.4 Å². The van der Waals surface area contributed by atoms with Crippen molar-refractivity contribution in [2.45, 2.75) is 52.0 Å². The Kier molecular flexibility index (Phi) is 6.60.